The summed E-state index contributed by atoms with van der Waals surface area (Å²) in [7, 11) is 0. The highest BCUT2D eigenvalue weighted by Crippen LogP contribution is 2.33. The molecule has 0 unspecified atom stereocenters. The highest BCUT2D eigenvalue weighted by molar-refractivity contribution is 7.16. The number of carboxylic acid groups (broad SMARTS) is 1. The van der Waals surface area contributed by atoms with Crippen LogP contribution in [0.5, 0.6) is 0 Å². The van der Waals surface area contributed by atoms with Crippen molar-refractivity contribution in [1.82, 2.24) is 5.32 Å². The summed E-state index contributed by atoms with van der Waals surface area (Å²) in [6.07, 6.45) is 4.94. The predicted molar refractivity (Wildman–Crippen MR) is 91.0 cm³/mol. The van der Waals surface area contributed by atoms with E-state index in [0.717, 1.165) is 36.1 Å². The van der Waals surface area contributed by atoms with Gasteiger partial charge in [0.25, 0.3) is 5.91 Å². The molecule has 1 heterocycles. The van der Waals surface area contributed by atoms with Gasteiger partial charge in [-0.15, -0.1) is 11.3 Å². The van der Waals surface area contributed by atoms with Crippen molar-refractivity contribution in [2.24, 2.45) is 0 Å². The van der Waals surface area contributed by atoms with Crippen molar-refractivity contribution >= 4 is 34.1 Å². The smallest absolute Gasteiger partial charge is 0.254 e. The van der Waals surface area contributed by atoms with E-state index in [-0.39, 0.29) is 24.8 Å². The Labute approximate surface area is 145 Å². The van der Waals surface area contributed by atoms with Crippen molar-refractivity contribution in [3.05, 3.63) is 16.0 Å². The normalized spacial score (nSPS) is 15.1. The highest BCUT2D eigenvalue weighted by Gasteiger charge is 2.23. The van der Waals surface area contributed by atoms with E-state index in [4.69, 9.17) is 0 Å². The molecule has 1 aliphatic carbocycles. The fraction of sp³-hybridized carbons (Fsp3) is 0.588. The van der Waals surface area contributed by atoms with Gasteiger partial charge in [0, 0.05) is 23.3 Å². The van der Waals surface area contributed by atoms with Crippen LogP contribution in [0.15, 0.2) is 0 Å². The van der Waals surface area contributed by atoms with E-state index >= 15 is 0 Å². The number of hydrogen-bond acceptors (Lipinski definition) is 5. The molecule has 1 fully saturated rings. The molecule has 1 aliphatic rings. The molecule has 0 saturated heterocycles. The maximum Gasteiger partial charge on any atom is 0.254 e. The fourth-order valence-corrected chi connectivity index (χ4v) is 3.97. The Morgan fingerprint density at radius 3 is 2.42 bits per heavy atom. The van der Waals surface area contributed by atoms with E-state index in [1.54, 1.807) is 0 Å². The number of carbonyl (C=O) groups excluding carboxylic acids is 3. The molecule has 2 rings (SSSR count). The summed E-state index contributed by atoms with van der Waals surface area (Å²) in [6, 6.07) is 0.187. The predicted octanol–water partition coefficient (Wildman–Crippen LogP) is 1.90. The molecule has 0 aliphatic heterocycles. The molecule has 0 radical (unpaired) electrons. The van der Waals surface area contributed by atoms with Crippen LogP contribution in [0, 0.1) is 13.8 Å². The molecule has 0 atom stereocenters. The van der Waals surface area contributed by atoms with Crippen molar-refractivity contribution in [2.75, 3.05) is 5.32 Å². The van der Waals surface area contributed by atoms with E-state index in [9.17, 15) is 19.5 Å². The zero-order valence-corrected chi connectivity index (χ0v) is 14.9. The van der Waals surface area contributed by atoms with E-state index < -0.39 is 11.9 Å². The second-order valence-corrected chi connectivity index (χ2v) is 7.44. The molecule has 1 aromatic heterocycles. The largest absolute Gasteiger partial charge is 0.550 e. The summed E-state index contributed by atoms with van der Waals surface area (Å²) in [4.78, 5) is 35.9. The summed E-state index contributed by atoms with van der Waals surface area (Å²) >= 11 is 1.34. The number of aliphatic carboxylic acids is 1. The summed E-state index contributed by atoms with van der Waals surface area (Å²) in [6.45, 7) is 3.76. The van der Waals surface area contributed by atoms with Crippen LogP contribution in [-0.2, 0) is 9.59 Å². The molecule has 0 aromatic carbocycles. The van der Waals surface area contributed by atoms with Gasteiger partial charge in [0.1, 0.15) is 5.00 Å². The van der Waals surface area contributed by atoms with Crippen LogP contribution in [0.4, 0.5) is 5.00 Å². The Hall–Kier alpha value is -1.89. The topological polar surface area (TPSA) is 98.3 Å². The number of carboxylic acids is 1. The van der Waals surface area contributed by atoms with E-state index in [1.165, 1.54) is 17.8 Å². The first-order valence-electron chi connectivity index (χ1n) is 8.29. The first-order valence-corrected chi connectivity index (χ1v) is 9.10. The minimum absolute atomic E-state index is 0.165. The average Bonchev–Trinajstić information content (AvgIpc) is 2.80. The van der Waals surface area contributed by atoms with Gasteiger partial charge in [0.15, 0.2) is 0 Å². The molecular weight excluding hydrogens is 328 g/mol. The lowest BCUT2D eigenvalue weighted by atomic mass is 9.95. The molecule has 0 spiro atoms. The minimum Gasteiger partial charge on any atom is -0.550 e. The number of amides is 2. The van der Waals surface area contributed by atoms with Crippen LogP contribution in [0.25, 0.3) is 0 Å². The molecule has 24 heavy (non-hydrogen) atoms. The number of thiophene rings is 1. The zero-order chi connectivity index (χ0) is 17.7. The van der Waals surface area contributed by atoms with Crippen molar-refractivity contribution in [1.29, 1.82) is 0 Å². The third-order valence-electron chi connectivity index (χ3n) is 4.36. The van der Waals surface area contributed by atoms with Crippen LogP contribution in [0.2, 0.25) is 0 Å². The third-order valence-corrected chi connectivity index (χ3v) is 5.48. The molecular formula is C17H23N2O4S-. The average molecular weight is 351 g/mol. The van der Waals surface area contributed by atoms with Crippen molar-refractivity contribution in [2.45, 2.75) is 64.8 Å². The Kier molecular flexibility index (Phi) is 6.36. The molecule has 1 aromatic rings. The standard InChI is InChI=1S/C17H24N2O4S/c1-10-11(2)24-17(19-13(20)8-9-14(21)22)15(10)16(23)18-12-6-4-3-5-7-12/h12H,3-9H2,1-2H3,(H,18,23)(H,19,20)(H,21,22)/p-1. The van der Waals surface area contributed by atoms with Gasteiger partial charge >= 0.3 is 0 Å². The van der Waals surface area contributed by atoms with Crippen LogP contribution in [0.3, 0.4) is 0 Å². The number of hydrogen-bond donors (Lipinski definition) is 2. The maximum atomic E-state index is 12.7. The van der Waals surface area contributed by atoms with Crippen molar-refractivity contribution < 1.29 is 19.5 Å². The highest BCUT2D eigenvalue weighted by atomic mass is 32.1. The molecule has 132 valence electrons. The SMILES string of the molecule is Cc1sc(NC(=O)CCC(=O)[O-])c(C(=O)NC2CCCCC2)c1C. The van der Waals surface area contributed by atoms with Crippen molar-refractivity contribution in [3.63, 3.8) is 0 Å². The molecule has 2 N–H and O–H groups in total. The summed E-state index contributed by atoms with van der Waals surface area (Å²) < 4.78 is 0. The van der Waals surface area contributed by atoms with Crippen LogP contribution < -0.4 is 15.7 Å². The Morgan fingerprint density at radius 2 is 1.79 bits per heavy atom. The third kappa shape index (κ3) is 4.80. The monoisotopic (exact) mass is 351 g/mol. The number of nitrogens with one attached hydrogen (secondary N) is 2. The lowest BCUT2D eigenvalue weighted by Gasteiger charge is -2.23. The van der Waals surface area contributed by atoms with E-state index in [0.29, 0.717) is 10.6 Å². The van der Waals surface area contributed by atoms with E-state index in [2.05, 4.69) is 10.6 Å². The van der Waals surface area contributed by atoms with E-state index in [1.807, 2.05) is 13.8 Å². The van der Waals surface area contributed by atoms with Crippen LogP contribution in [0.1, 0.15) is 65.7 Å². The van der Waals surface area contributed by atoms with Crippen LogP contribution >= 0.6 is 11.3 Å². The maximum absolute atomic E-state index is 12.7. The lowest BCUT2D eigenvalue weighted by Crippen LogP contribution is -2.36. The van der Waals surface area contributed by atoms with Crippen LogP contribution in [-0.4, -0.2) is 23.8 Å². The Bertz CT molecular complexity index is 633. The summed E-state index contributed by atoms with van der Waals surface area (Å²) in [5.41, 5.74) is 1.34. The van der Waals surface area contributed by atoms with Gasteiger partial charge < -0.3 is 20.5 Å². The second-order valence-electron chi connectivity index (χ2n) is 6.22. The molecule has 2 amide bonds. The van der Waals surface area contributed by atoms with Gasteiger partial charge in [0.2, 0.25) is 5.91 Å². The Balaban J connectivity index is 2.09. The summed E-state index contributed by atoms with van der Waals surface area (Å²) in [5, 5.41) is 16.7. The first kappa shape index (κ1) is 18.4. The summed E-state index contributed by atoms with van der Waals surface area (Å²) in [5.74, 6) is -1.86. The lowest BCUT2D eigenvalue weighted by molar-refractivity contribution is -0.305. The number of carbonyl (C=O) groups is 3. The quantitative estimate of drug-likeness (QED) is 0.818. The van der Waals surface area contributed by atoms with Gasteiger partial charge in [-0.1, -0.05) is 19.3 Å². The first-order chi connectivity index (χ1) is 11.4. The molecule has 0 bridgehead atoms. The number of aryl methyl sites for hydroxylation is 1. The zero-order valence-electron chi connectivity index (χ0n) is 14.1. The Morgan fingerprint density at radius 1 is 1.12 bits per heavy atom. The van der Waals surface area contributed by atoms with Gasteiger partial charge in [-0.05, 0) is 38.7 Å². The minimum atomic E-state index is -1.26. The van der Waals surface area contributed by atoms with Gasteiger partial charge in [-0.2, -0.15) is 0 Å². The van der Waals surface area contributed by atoms with Gasteiger partial charge in [0.05, 0.1) is 5.56 Å². The number of rotatable bonds is 6. The molecule has 6 nitrogen and oxygen atoms in total. The fourth-order valence-electron chi connectivity index (χ4n) is 2.90. The molecule has 7 heteroatoms. The second kappa shape index (κ2) is 8.28. The van der Waals surface area contributed by atoms with Gasteiger partial charge in [-0.25, -0.2) is 0 Å². The molecule has 1 saturated carbocycles. The van der Waals surface area contributed by atoms with Gasteiger partial charge in [-0.3, -0.25) is 9.59 Å². The number of anilines is 1. The van der Waals surface area contributed by atoms with Crippen molar-refractivity contribution in [3.8, 4) is 0 Å².